The zero-order valence-corrected chi connectivity index (χ0v) is 23.5. The molecule has 2 aliphatic rings. The van der Waals surface area contributed by atoms with Gasteiger partial charge in [0.2, 0.25) is 5.91 Å². The largest absolute Gasteiger partial charge is 0.446 e. The third-order valence-electron chi connectivity index (χ3n) is 7.28. The van der Waals surface area contributed by atoms with Gasteiger partial charge in [-0.1, -0.05) is 0 Å². The predicted molar refractivity (Wildman–Crippen MR) is 160 cm³/mol. The molecule has 0 atom stereocenters. The van der Waals surface area contributed by atoms with Crippen LogP contribution in [0.25, 0.3) is 0 Å². The second-order valence-corrected chi connectivity index (χ2v) is 11.5. The van der Waals surface area contributed by atoms with Gasteiger partial charge in [0.1, 0.15) is 0 Å². The number of halogens is 3. The van der Waals surface area contributed by atoms with Crippen LogP contribution in [-0.4, -0.2) is 43.4 Å². The van der Waals surface area contributed by atoms with Crippen molar-refractivity contribution in [2.24, 2.45) is 0 Å². The van der Waals surface area contributed by atoms with E-state index in [-0.39, 0.29) is 28.9 Å². The summed E-state index contributed by atoms with van der Waals surface area (Å²) in [5.41, 5.74) is 0.633. The highest BCUT2D eigenvalue weighted by atomic mass is 32.2. The molecule has 0 radical (unpaired) electrons. The molecule has 2 heterocycles. The van der Waals surface area contributed by atoms with Gasteiger partial charge in [-0.05, 0) is 111 Å². The molecule has 10 heteroatoms. The Hall–Kier alpha value is -3.66. The van der Waals surface area contributed by atoms with E-state index >= 15 is 0 Å². The lowest BCUT2D eigenvalue weighted by Gasteiger charge is -2.31. The molecule has 0 aromatic heterocycles. The van der Waals surface area contributed by atoms with Gasteiger partial charge in [-0.25, -0.2) is 0 Å². The van der Waals surface area contributed by atoms with Crippen LogP contribution in [0.1, 0.15) is 48.9 Å². The number of hydrogen-bond acceptors (Lipinski definition) is 6. The first-order chi connectivity index (χ1) is 19.7. The van der Waals surface area contributed by atoms with Gasteiger partial charge in [-0.3, -0.25) is 9.59 Å². The summed E-state index contributed by atoms with van der Waals surface area (Å²) in [7, 11) is 0. The quantitative estimate of drug-likeness (QED) is 0.152. The fourth-order valence-corrected chi connectivity index (χ4v) is 5.80. The van der Waals surface area contributed by atoms with Crippen molar-refractivity contribution in [2.75, 3.05) is 46.6 Å². The monoisotopic (exact) mass is 582 g/mol. The van der Waals surface area contributed by atoms with Crippen molar-refractivity contribution in [2.45, 2.75) is 48.9 Å². The number of Topliss-reactive ketones (excluding diaryl/α,β-unsaturated/α-hetero) is 1. The zero-order valence-electron chi connectivity index (χ0n) is 22.7. The van der Waals surface area contributed by atoms with E-state index in [2.05, 4.69) is 38.6 Å². The molecule has 2 fully saturated rings. The molecule has 2 N–H and O–H groups in total. The average Bonchev–Trinajstić information content (AvgIpc) is 3.49. The number of carbonyl (C=O) groups is 2. The minimum absolute atomic E-state index is 0.0192. The van der Waals surface area contributed by atoms with E-state index in [9.17, 15) is 22.8 Å². The van der Waals surface area contributed by atoms with Crippen molar-refractivity contribution >= 4 is 51.9 Å². The number of nitrogens with one attached hydrogen (secondary N) is 2. The van der Waals surface area contributed by atoms with Gasteiger partial charge >= 0.3 is 5.51 Å². The molecule has 3 aromatic rings. The van der Waals surface area contributed by atoms with Crippen LogP contribution in [0.4, 0.5) is 41.6 Å². The topological polar surface area (TPSA) is 64.7 Å². The molecular formula is C31H33F3N4O2S. The number of alkyl halides is 3. The summed E-state index contributed by atoms with van der Waals surface area (Å²) < 4.78 is 37.5. The Morgan fingerprint density at radius 1 is 0.707 bits per heavy atom. The first-order valence-electron chi connectivity index (χ1n) is 13.9. The van der Waals surface area contributed by atoms with Crippen molar-refractivity contribution in [1.82, 2.24) is 0 Å². The summed E-state index contributed by atoms with van der Waals surface area (Å²) in [5.74, 6) is -0.876. The van der Waals surface area contributed by atoms with Gasteiger partial charge in [-0.2, -0.15) is 13.2 Å². The van der Waals surface area contributed by atoms with E-state index in [0.717, 1.165) is 37.6 Å². The van der Waals surface area contributed by atoms with Gasteiger partial charge in [0.05, 0.1) is 6.42 Å². The van der Waals surface area contributed by atoms with Crippen molar-refractivity contribution in [3.63, 3.8) is 0 Å². The number of amides is 1. The lowest BCUT2D eigenvalue weighted by molar-refractivity contribution is -0.115. The predicted octanol–water partition coefficient (Wildman–Crippen LogP) is 7.84. The van der Waals surface area contributed by atoms with Crippen LogP contribution < -0.4 is 20.4 Å². The highest BCUT2D eigenvalue weighted by molar-refractivity contribution is 8.00. The first-order valence-corrected chi connectivity index (χ1v) is 14.7. The van der Waals surface area contributed by atoms with Gasteiger partial charge < -0.3 is 20.4 Å². The molecule has 2 aliphatic heterocycles. The van der Waals surface area contributed by atoms with Crippen molar-refractivity contribution in [1.29, 1.82) is 0 Å². The molecule has 2 saturated heterocycles. The SMILES string of the molecule is O=C(CC(=O)c1ccc(Nc2cc(N3CCCCC3)cc(N3CCCC3)c2)cc1)Nc1ccc(SC(F)(F)F)cc1. The standard InChI is InChI=1S/C31H33F3N4O2S/c32-31(33,34)41-28-12-10-24(11-13-28)36-30(40)21-29(39)22-6-8-23(9-7-22)35-25-18-26(37-14-2-1-3-15-37)20-27(19-25)38-16-4-5-17-38/h6-13,18-20,35H,1-5,14-17,21H2,(H,36,40). The highest BCUT2D eigenvalue weighted by Gasteiger charge is 2.29. The van der Waals surface area contributed by atoms with Crippen LogP contribution in [0.5, 0.6) is 0 Å². The maximum Gasteiger partial charge on any atom is 0.446 e. The van der Waals surface area contributed by atoms with Crippen LogP contribution in [0, 0.1) is 0 Å². The smallest absolute Gasteiger partial charge is 0.371 e. The van der Waals surface area contributed by atoms with E-state index in [1.54, 1.807) is 12.1 Å². The summed E-state index contributed by atoms with van der Waals surface area (Å²) in [4.78, 5) is 30.0. The van der Waals surface area contributed by atoms with Gasteiger partial charge in [-0.15, -0.1) is 0 Å². The van der Waals surface area contributed by atoms with Crippen molar-refractivity contribution in [3.05, 3.63) is 72.3 Å². The maximum absolute atomic E-state index is 12.7. The number of nitrogens with zero attached hydrogens (tertiary/aromatic N) is 2. The molecule has 41 heavy (non-hydrogen) atoms. The molecule has 0 saturated carbocycles. The normalized spacial score (nSPS) is 15.6. The van der Waals surface area contributed by atoms with Crippen molar-refractivity contribution < 1.29 is 22.8 Å². The average molecular weight is 583 g/mol. The highest BCUT2D eigenvalue weighted by Crippen LogP contribution is 2.37. The number of piperidine rings is 1. The van der Waals surface area contributed by atoms with Crippen LogP contribution >= 0.6 is 11.8 Å². The number of hydrogen-bond donors (Lipinski definition) is 2. The van der Waals surface area contributed by atoms with E-state index < -0.39 is 11.4 Å². The Labute approximate surface area is 242 Å². The number of rotatable bonds is 9. The number of thioether (sulfide) groups is 1. The Morgan fingerprint density at radius 3 is 1.80 bits per heavy atom. The molecule has 0 aliphatic carbocycles. The molecular weight excluding hydrogens is 549 g/mol. The number of carbonyl (C=O) groups excluding carboxylic acids is 2. The summed E-state index contributed by atoms with van der Waals surface area (Å²) in [6, 6.07) is 19.0. The van der Waals surface area contributed by atoms with E-state index in [1.165, 1.54) is 67.7 Å². The van der Waals surface area contributed by atoms with E-state index in [4.69, 9.17) is 0 Å². The number of anilines is 5. The molecule has 5 rings (SSSR count). The zero-order chi connectivity index (χ0) is 28.8. The number of ketones is 1. The van der Waals surface area contributed by atoms with Crippen LogP contribution in [-0.2, 0) is 4.79 Å². The fraction of sp³-hybridized carbons (Fsp3) is 0.355. The van der Waals surface area contributed by atoms with E-state index in [0.29, 0.717) is 11.3 Å². The Bertz CT molecular complexity index is 1350. The molecule has 0 unspecified atom stereocenters. The molecule has 1 amide bonds. The van der Waals surface area contributed by atoms with Crippen LogP contribution in [0.3, 0.4) is 0 Å². The first kappa shape index (κ1) is 28.9. The maximum atomic E-state index is 12.7. The summed E-state index contributed by atoms with van der Waals surface area (Å²) in [6.45, 7) is 4.26. The Kier molecular flexibility index (Phi) is 9.07. The van der Waals surface area contributed by atoms with Gasteiger partial charge in [0.25, 0.3) is 0 Å². The van der Waals surface area contributed by atoms with Gasteiger partial charge in [0, 0.05) is 65.1 Å². The summed E-state index contributed by atoms with van der Waals surface area (Å²) >= 11 is -0.225. The minimum Gasteiger partial charge on any atom is -0.371 e. The minimum atomic E-state index is -4.38. The van der Waals surface area contributed by atoms with Gasteiger partial charge in [0.15, 0.2) is 5.78 Å². The molecule has 0 spiro atoms. The number of benzene rings is 3. The third kappa shape index (κ3) is 8.19. The van der Waals surface area contributed by atoms with E-state index in [1.807, 2.05) is 12.1 Å². The molecule has 3 aromatic carbocycles. The Morgan fingerprint density at radius 2 is 1.24 bits per heavy atom. The lowest BCUT2D eigenvalue weighted by Crippen LogP contribution is -2.29. The molecule has 0 bridgehead atoms. The second-order valence-electron chi connectivity index (χ2n) is 10.4. The van der Waals surface area contributed by atoms with Crippen molar-refractivity contribution in [3.8, 4) is 0 Å². The molecule has 6 nitrogen and oxygen atoms in total. The fourth-order valence-electron chi connectivity index (χ4n) is 5.26. The molecule has 216 valence electrons. The summed E-state index contributed by atoms with van der Waals surface area (Å²) in [6.07, 6.45) is 5.73. The second kappa shape index (κ2) is 12.9. The van der Waals surface area contributed by atoms with Crippen LogP contribution in [0.2, 0.25) is 0 Å². The Balaban J connectivity index is 1.20. The third-order valence-corrected chi connectivity index (χ3v) is 8.02. The van der Waals surface area contributed by atoms with Crippen LogP contribution in [0.15, 0.2) is 71.6 Å². The summed E-state index contributed by atoms with van der Waals surface area (Å²) in [5, 5.41) is 6.06. The lowest BCUT2D eigenvalue weighted by atomic mass is 10.1.